The Labute approximate surface area is 262 Å². The average molecular weight is 631 g/mol. The molecule has 1 atom stereocenters. The third-order valence-corrected chi connectivity index (χ3v) is 7.28. The van der Waals surface area contributed by atoms with Crippen LogP contribution in [0.1, 0.15) is 52.5 Å². The van der Waals surface area contributed by atoms with E-state index in [0.717, 1.165) is 0 Å². The monoisotopic (exact) mass is 630 g/mol. The van der Waals surface area contributed by atoms with E-state index in [1.807, 2.05) is 0 Å². The van der Waals surface area contributed by atoms with Crippen molar-refractivity contribution in [3.8, 4) is 11.3 Å². The lowest BCUT2D eigenvalue weighted by Crippen LogP contribution is -2.29. The predicted molar refractivity (Wildman–Crippen MR) is 166 cm³/mol. The zero-order valence-corrected chi connectivity index (χ0v) is 25.0. The highest BCUT2D eigenvalue weighted by molar-refractivity contribution is 6.31. The number of ketones is 1. The van der Waals surface area contributed by atoms with Gasteiger partial charge in [0.15, 0.2) is 5.78 Å². The van der Waals surface area contributed by atoms with E-state index < -0.39 is 23.9 Å². The van der Waals surface area contributed by atoms with E-state index in [-0.39, 0.29) is 36.6 Å². The molecule has 230 valence electrons. The summed E-state index contributed by atoms with van der Waals surface area (Å²) in [6.45, 7) is 1.42. The Bertz CT molecular complexity index is 1840. The number of halogens is 2. The SMILES string of the molecule is COC(=O)Nc1ccc2c(c1)NC(=O)CCc1nc(ccc1F)CC(NC(=O)C=Cc1cc(Cl)ccc1C(C)=O)c1ncc-2[nH]1. The Morgan fingerprint density at radius 2 is 1.93 bits per heavy atom. The van der Waals surface area contributed by atoms with Gasteiger partial charge in [-0.3, -0.25) is 24.7 Å². The van der Waals surface area contributed by atoms with Crippen LogP contribution in [0, 0.1) is 5.82 Å². The number of rotatable bonds is 5. The second kappa shape index (κ2) is 13.5. The van der Waals surface area contributed by atoms with Crippen molar-refractivity contribution in [2.75, 3.05) is 17.7 Å². The number of nitrogens with zero attached hydrogens (tertiary/aromatic N) is 2. The molecule has 4 bridgehead atoms. The van der Waals surface area contributed by atoms with Gasteiger partial charge >= 0.3 is 6.09 Å². The van der Waals surface area contributed by atoms with Crippen LogP contribution in [0.2, 0.25) is 5.02 Å². The van der Waals surface area contributed by atoms with Crippen molar-refractivity contribution in [2.24, 2.45) is 0 Å². The lowest BCUT2D eigenvalue weighted by Gasteiger charge is -2.17. The quantitative estimate of drug-likeness (QED) is 0.164. The standard InChI is InChI=1S/C32H28ClFN6O5/c1-17(41)22-7-4-19(33)13-18(22)3-11-29(42)39-27-15-20-6-9-24(34)25(36-20)10-12-30(43)38-26-14-21(37-32(44)45-2)5-8-23(26)28-16-35-31(27)40-28/h3-9,11,13-14,16,27H,10,12,15H2,1-2H3,(H,35,40)(H,37,44)(H,38,43)(H,39,42). The maximum atomic E-state index is 14.7. The van der Waals surface area contributed by atoms with Crippen LogP contribution in [0.15, 0.2) is 60.8 Å². The van der Waals surface area contributed by atoms with E-state index >= 15 is 0 Å². The number of benzene rings is 2. The Morgan fingerprint density at radius 3 is 2.71 bits per heavy atom. The van der Waals surface area contributed by atoms with Gasteiger partial charge in [0.25, 0.3) is 0 Å². The van der Waals surface area contributed by atoms with Gasteiger partial charge in [-0.05, 0) is 67.1 Å². The minimum Gasteiger partial charge on any atom is -0.453 e. The van der Waals surface area contributed by atoms with Crippen molar-refractivity contribution in [3.05, 3.63) is 100.0 Å². The number of fused-ring (bicyclic) bond motifs is 6. The normalized spacial score (nSPS) is 14.6. The first-order valence-electron chi connectivity index (χ1n) is 13.9. The molecule has 2 aromatic heterocycles. The van der Waals surface area contributed by atoms with Gasteiger partial charge in [-0.25, -0.2) is 14.2 Å². The highest BCUT2D eigenvalue weighted by Crippen LogP contribution is 2.31. The summed E-state index contributed by atoms with van der Waals surface area (Å²) in [6, 6.07) is 11.7. The number of aryl methyl sites for hydroxylation is 1. The fourth-order valence-electron chi connectivity index (χ4n) is 4.85. The Kier molecular flexibility index (Phi) is 9.33. The Hall–Kier alpha value is -5.36. The number of H-pyrrole nitrogens is 1. The fourth-order valence-corrected chi connectivity index (χ4v) is 5.03. The van der Waals surface area contributed by atoms with Crippen LogP contribution in [0.4, 0.5) is 20.6 Å². The molecule has 0 fully saturated rings. The van der Waals surface area contributed by atoms with Gasteiger partial charge in [0, 0.05) is 52.9 Å². The third-order valence-electron chi connectivity index (χ3n) is 7.04. The lowest BCUT2D eigenvalue weighted by atomic mass is 10.0. The predicted octanol–water partition coefficient (Wildman–Crippen LogP) is 5.64. The van der Waals surface area contributed by atoms with Gasteiger partial charge in [-0.15, -0.1) is 0 Å². The molecule has 1 aliphatic rings. The summed E-state index contributed by atoms with van der Waals surface area (Å²) in [5, 5.41) is 8.71. The maximum Gasteiger partial charge on any atom is 0.411 e. The maximum absolute atomic E-state index is 14.7. The van der Waals surface area contributed by atoms with Crippen LogP contribution in [0.3, 0.4) is 0 Å². The van der Waals surface area contributed by atoms with E-state index in [9.17, 15) is 23.6 Å². The molecule has 1 unspecified atom stereocenters. The highest BCUT2D eigenvalue weighted by Gasteiger charge is 2.22. The number of imidazole rings is 1. The summed E-state index contributed by atoms with van der Waals surface area (Å²) in [5.41, 5.74) is 3.28. The highest BCUT2D eigenvalue weighted by atomic mass is 35.5. The number of Topliss-reactive ketones (excluding diaryl/α,β-unsaturated/α-hetero) is 1. The fraction of sp³-hybridized carbons (Fsp3) is 0.188. The summed E-state index contributed by atoms with van der Waals surface area (Å²) in [6.07, 6.45) is 3.77. The van der Waals surface area contributed by atoms with Gasteiger partial charge in [-0.2, -0.15) is 0 Å². The lowest BCUT2D eigenvalue weighted by molar-refractivity contribution is -0.117. The molecular weight excluding hydrogens is 603 g/mol. The molecule has 4 N–H and O–H groups in total. The Morgan fingerprint density at radius 1 is 1.11 bits per heavy atom. The molecule has 2 aromatic carbocycles. The largest absolute Gasteiger partial charge is 0.453 e. The van der Waals surface area contributed by atoms with Crippen LogP contribution in [0.5, 0.6) is 0 Å². The van der Waals surface area contributed by atoms with Crippen molar-refractivity contribution in [1.29, 1.82) is 0 Å². The molecule has 45 heavy (non-hydrogen) atoms. The average Bonchev–Trinajstić information content (AvgIpc) is 3.49. The van der Waals surface area contributed by atoms with Crippen LogP contribution in [-0.2, 0) is 27.2 Å². The van der Waals surface area contributed by atoms with E-state index in [4.69, 9.17) is 11.6 Å². The van der Waals surface area contributed by atoms with Gasteiger partial charge in [0.2, 0.25) is 11.8 Å². The number of aromatic amines is 1. The number of aromatic nitrogens is 3. The molecule has 5 rings (SSSR count). The summed E-state index contributed by atoms with van der Waals surface area (Å²) in [4.78, 5) is 62.1. The van der Waals surface area contributed by atoms with Crippen LogP contribution < -0.4 is 16.0 Å². The minimum atomic E-state index is -0.727. The van der Waals surface area contributed by atoms with E-state index in [1.165, 1.54) is 38.3 Å². The van der Waals surface area contributed by atoms with Gasteiger partial charge in [-0.1, -0.05) is 11.6 Å². The zero-order valence-electron chi connectivity index (χ0n) is 24.2. The van der Waals surface area contributed by atoms with Crippen LogP contribution in [-0.4, -0.2) is 45.8 Å². The number of amides is 3. The van der Waals surface area contributed by atoms with Gasteiger partial charge in [0.1, 0.15) is 11.6 Å². The zero-order chi connectivity index (χ0) is 32.1. The van der Waals surface area contributed by atoms with Crippen LogP contribution in [0.25, 0.3) is 17.3 Å². The number of carbonyl (C=O) groups is 4. The summed E-state index contributed by atoms with van der Waals surface area (Å²) in [5.74, 6) is -1.24. The number of hydrogen-bond acceptors (Lipinski definition) is 7. The summed E-state index contributed by atoms with van der Waals surface area (Å²) in [7, 11) is 1.23. The number of hydrogen-bond donors (Lipinski definition) is 4. The smallest absolute Gasteiger partial charge is 0.411 e. The second-order valence-electron chi connectivity index (χ2n) is 10.2. The summed E-state index contributed by atoms with van der Waals surface area (Å²) < 4.78 is 19.3. The first-order chi connectivity index (χ1) is 21.6. The topological polar surface area (TPSA) is 155 Å². The minimum absolute atomic E-state index is 0.0285. The van der Waals surface area contributed by atoms with Crippen LogP contribution >= 0.6 is 11.6 Å². The molecule has 4 aromatic rings. The number of pyridine rings is 1. The van der Waals surface area contributed by atoms with Crippen molar-refractivity contribution < 1.29 is 28.3 Å². The van der Waals surface area contributed by atoms with Gasteiger partial charge < -0.3 is 20.4 Å². The van der Waals surface area contributed by atoms with Crippen molar-refractivity contribution >= 4 is 52.7 Å². The molecule has 1 aliphatic heterocycles. The number of anilines is 2. The first kappa shape index (κ1) is 31.1. The molecule has 0 aliphatic carbocycles. The number of nitrogens with one attached hydrogen (secondary N) is 4. The Balaban J connectivity index is 1.51. The molecule has 0 saturated heterocycles. The van der Waals surface area contributed by atoms with Gasteiger partial charge in [0.05, 0.1) is 36.4 Å². The third kappa shape index (κ3) is 7.60. The molecule has 0 spiro atoms. The molecule has 13 heteroatoms. The van der Waals surface area contributed by atoms with E-state index in [1.54, 1.807) is 42.6 Å². The van der Waals surface area contributed by atoms with Crippen molar-refractivity contribution in [2.45, 2.75) is 32.2 Å². The van der Waals surface area contributed by atoms with Crippen molar-refractivity contribution in [1.82, 2.24) is 20.3 Å². The van der Waals surface area contributed by atoms with Crippen molar-refractivity contribution in [3.63, 3.8) is 0 Å². The summed E-state index contributed by atoms with van der Waals surface area (Å²) >= 11 is 6.11. The molecule has 0 radical (unpaired) electrons. The first-order valence-corrected chi connectivity index (χ1v) is 14.2. The number of methoxy groups -OCH3 is 1. The molecular formula is C32H28ClFN6O5. The van der Waals surface area contributed by atoms with E-state index in [2.05, 4.69) is 35.6 Å². The number of carbonyl (C=O) groups excluding carboxylic acids is 4. The molecule has 0 saturated carbocycles. The molecule has 3 heterocycles. The second-order valence-corrected chi connectivity index (χ2v) is 10.7. The molecule has 11 nitrogen and oxygen atoms in total. The molecule has 3 amide bonds. The van der Waals surface area contributed by atoms with E-state index in [0.29, 0.717) is 50.3 Å². The number of ether oxygens (including phenoxy) is 1.